The highest BCUT2D eigenvalue weighted by atomic mass is 32.3. The number of rotatable bonds is 0. The average Bonchev–Trinajstić information content (AvgIpc) is 1.12. The summed E-state index contributed by atoms with van der Waals surface area (Å²) in [5, 5.41) is 0. The Morgan fingerprint density at radius 3 is 0.412 bits per heavy atom. The van der Waals surface area contributed by atoms with Gasteiger partial charge in [0.15, 0.2) is 0 Å². The van der Waals surface area contributed by atoms with Crippen LogP contribution in [0.5, 0.6) is 0 Å². The lowest BCUT2D eigenvalue weighted by Crippen LogP contribution is -1.89. The molecule has 0 unspecified atom stereocenters. The Hall–Kier alpha value is -0.540. The molecule has 0 saturated carbocycles. The Balaban J connectivity index is -0.00000000762. The molecule has 0 saturated heterocycles. The molecule has 0 rings (SSSR count). The van der Waals surface area contributed by atoms with Crippen LogP contribution in [0.4, 0.5) is 0 Å². The molecule has 0 aromatic carbocycles. The Bertz CT molecular complexity index is 205. The molecule has 0 heterocycles. The van der Waals surface area contributed by atoms with E-state index in [1.165, 1.54) is 0 Å². The summed E-state index contributed by atoms with van der Waals surface area (Å²) in [5.41, 5.74) is 0. The Labute approximate surface area is 95.0 Å². The second kappa shape index (κ2) is 24.6. The van der Waals surface area contributed by atoms with Gasteiger partial charge in [-0.2, -0.15) is 16.8 Å². The van der Waals surface area contributed by atoms with Crippen molar-refractivity contribution >= 4 is 20.8 Å². The third-order valence-electron chi connectivity index (χ3n) is 0. The highest BCUT2D eigenvalue weighted by molar-refractivity contribution is 7.80. The average molecular weight is 322 g/mol. The van der Waals surface area contributed by atoms with Crippen LogP contribution < -0.4 is 0 Å². The van der Waals surface area contributed by atoms with E-state index < -0.39 is 20.8 Å². The van der Waals surface area contributed by atoms with Crippen LogP contribution in [0.25, 0.3) is 0 Å². The summed E-state index contributed by atoms with van der Waals surface area (Å²) in [4.78, 5) is 0. The molecule has 0 aliphatic heterocycles. The summed E-state index contributed by atoms with van der Waals surface area (Å²) in [6.45, 7) is 0. The summed E-state index contributed by atoms with van der Waals surface area (Å²) >= 11 is 0. The smallest absolute Gasteiger partial charge is 0.394 e. The number of hydrogen-bond donors (Lipinski definition) is 4. The summed E-state index contributed by atoms with van der Waals surface area (Å²) in [6, 6.07) is 0. The molecule has 0 atom stereocenters. The van der Waals surface area contributed by atoms with E-state index in [1.54, 1.807) is 0 Å². The molecule has 0 fully saturated rings. The van der Waals surface area contributed by atoms with Crippen LogP contribution in [-0.4, -0.2) is 73.4 Å². The van der Waals surface area contributed by atoms with Gasteiger partial charge >= 0.3 is 20.8 Å². The van der Waals surface area contributed by atoms with Crippen molar-refractivity contribution in [3.63, 3.8) is 0 Å². The van der Waals surface area contributed by atoms with Gasteiger partial charge in [0.25, 0.3) is 0 Å². The van der Waals surface area contributed by atoms with E-state index in [1.807, 2.05) is 0 Å². The molecular formula is H18O15S2. The van der Waals surface area contributed by atoms with Crippen molar-refractivity contribution in [1.82, 2.24) is 0 Å². The second-order valence-corrected chi connectivity index (χ2v) is 2.69. The first-order chi connectivity index (χ1) is 4.00. The highest BCUT2D eigenvalue weighted by Gasteiger charge is 1.85. The maximum absolute atomic E-state index is 8.74. The molecule has 18 N–H and O–H groups in total. The molecule has 0 aliphatic carbocycles. The highest BCUT2D eigenvalue weighted by Crippen LogP contribution is 1.59. The standard InChI is InChI=1S/2H2O4S.7H2O/c2*1-5(2,3)4;;;;;;;/h2*(H2,1,2,3,4);7*1H2. The van der Waals surface area contributed by atoms with Crippen molar-refractivity contribution in [3.05, 3.63) is 0 Å². The molecule has 120 valence electrons. The minimum Gasteiger partial charge on any atom is -0.412 e. The topological polar surface area (TPSA) is 370 Å². The van der Waals surface area contributed by atoms with Gasteiger partial charge in [0.2, 0.25) is 0 Å². The molecule has 0 amide bonds. The second-order valence-electron chi connectivity index (χ2n) is 0.896. The summed E-state index contributed by atoms with van der Waals surface area (Å²) in [6.07, 6.45) is 0. The third-order valence-corrected chi connectivity index (χ3v) is 0. The molecule has 0 aromatic heterocycles. The minimum atomic E-state index is -4.67. The van der Waals surface area contributed by atoms with Gasteiger partial charge < -0.3 is 38.3 Å². The summed E-state index contributed by atoms with van der Waals surface area (Å²) in [7, 11) is -9.33. The molecule has 0 aliphatic rings. The van der Waals surface area contributed by atoms with Gasteiger partial charge in [0.1, 0.15) is 0 Å². The zero-order valence-electron chi connectivity index (χ0n) is 7.74. The van der Waals surface area contributed by atoms with Gasteiger partial charge in [-0.1, -0.05) is 0 Å². The SMILES string of the molecule is O.O.O.O.O.O.O.O=S(=O)(O)O.O=S(=O)(O)O. The van der Waals surface area contributed by atoms with Crippen molar-refractivity contribution in [1.29, 1.82) is 0 Å². The Morgan fingerprint density at radius 1 is 0.412 bits per heavy atom. The molecule has 0 spiro atoms. The van der Waals surface area contributed by atoms with Gasteiger partial charge in [-0.15, -0.1) is 0 Å². The van der Waals surface area contributed by atoms with Crippen LogP contribution in [-0.2, 0) is 20.8 Å². The van der Waals surface area contributed by atoms with Gasteiger partial charge in [0.05, 0.1) is 0 Å². The normalized spacial score (nSPS) is 6.82. The lowest BCUT2D eigenvalue weighted by atomic mass is 15.8. The molecule has 17 heavy (non-hydrogen) atoms. The van der Waals surface area contributed by atoms with Crippen molar-refractivity contribution < 1.29 is 73.4 Å². The van der Waals surface area contributed by atoms with E-state index in [4.69, 9.17) is 35.0 Å². The van der Waals surface area contributed by atoms with Crippen LogP contribution in [0.2, 0.25) is 0 Å². The fourth-order valence-electron chi connectivity index (χ4n) is 0. The third kappa shape index (κ3) is 9610. The van der Waals surface area contributed by atoms with Crippen LogP contribution >= 0.6 is 0 Å². The molecule has 0 radical (unpaired) electrons. The predicted molar refractivity (Wildman–Crippen MR) is 53.7 cm³/mol. The zero-order valence-corrected chi connectivity index (χ0v) is 9.37. The Kier molecular flexibility index (Phi) is 102. The van der Waals surface area contributed by atoms with Gasteiger partial charge in [-0.3, -0.25) is 18.2 Å². The van der Waals surface area contributed by atoms with Crippen molar-refractivity contribution in [2.75, 3.05) is 0 Å². The van der Waals surface area contributed by atoms with Crippen molar-refractivity contribution in [2.45, 2.75) is 0 Å². The largest absolute Gasteiger partial charge is 0.412 e. The van der Waals surface area contributed by atoms with Crippen LogP contribution in [0.3, 0.4) is 0 Å². The monoisotopic (exact) mass is 322 g/mol. The van der Waals surface area contributed by atoms with Gasteiger partial charge in [0, 0.05) is 0 Å². The zero-order chi connectivity index (χ0) is 9.00. The molecule has 0 aromatic rings. The first kappa shape index (κ1) is 70.7. The van der Waals surface area contributed by atoms with Crippen LogP contribution in [0.15, 0.2) is 0 Å². The van der Waals surface area contributed by atoms with E-state index >= 15 is 0 Å². The van der Waals surface area contributed by atoms with E-state index in [2.05, 4.69) is 0 Å². The maximum Gasteiger partial charge on any atom is 0.394 e. The fraction of sp³-hybridized carbons (Fsp3) is 0. The van der Waals surface area contributed by atoms with Gasteiger partial charge in [-0.05, 0) is 0 Å². The molecule has 15 nitrogen and oxygen atoms in total. The van der Waals surface area contributed by atoms with E-state index in [0.717, 1.165) is 0 Å². The van der Waals surface area contributed by atoms with Gasteiger partial charge in [-0.25, -0.2) is 0 Å². The summed E-state index contributed by atoms with van der Waals surface area (Å²) in [5.74, 6) is 0. The lowest BCUT2D eigenvalue weighted by molar-refractivity contribution is 0.378. The Morgan fingerprint density at radius 2 is 0.412 bits per heavy atom. The predicted octanol–water partition coefficient (Wildman–Crippen LogP) is -7.08. The van der Waals surface area contributed by atoms with Crippen molar-refractivity contribution in [3.8, 4) is 0 Å². The van der Waals surface area contributed by atoms with E-state index in [9.17, 15) is 0 Å². The minimum absolute atomic E-state index is 0. The first-order valence-corrected chi connectivity index (χ1v) is 4.19. The lowest BCUT2D eigenvalue weighted by Gasteiger charge is -1.68. The first-order valence-electron chi connectivity index (χ1n) is 1.40. The molecule has 0 bridgehead atoms. The maximum atomic E-state index is 8.74. The van der Waals surface area contributed by atoms with Crippen LogP contribution in [0.1, 0.15) is 0 Å². The number of hydrogen-bond acceptors (Lipinski definition) is 4. The fourth-order valence-corrected chi connectivity index (χ4v) is 0. The van der Waals surface area contributed by atoms with Crippen molar-refractivity contribution in [2.24, 2.45) is 0 Å². The van der Waals surface area contributed by atoms with E-state index in [0.29, 0.717) is 0 Å². The summed E-state index contributed by atoms with van der Waals surface area (Å²) < 4.78 is 63.2. The molecular weight excluding hydrogens is 304 g/mol. The quantitative estimate of drug-likeness (QED) is 0.309. The molecule has 17 heteroatoms. The van der Waals surface area contributed by atoms with E-state index in [-0.39, 0.29) is 38.3 Å². The van der Waals surface area contributed by atoms with Crippen LogP contribution in [0, 0.1) is 0 Å².